The third-order valence-electron chi connectivity index (χ3n) is 3.16. The van der Waals surface area contributed by atoms with E-state index in [1.54, 1.807) is 6.07 Å². The Hall–Kier alpha value is -0.910. The largest absolute Gasteiger partial charge is 0.293 e. The van der Waals surface area contributed by atoms with Crippen LogP contribution in [-0.2, 0) is 0 Å². The van der Waals surface area contributed by atoms with Gasteiger partial charge < -0.3 is 0 Å². The van der Waals surface area contributed by atoms with Crippen molar-refractivity contribution in [2.24, 2.45) is 0 Å². The minimum atomic E-state index is -0.306. The van der Waals surface area contributed by atoms with E-state index in [9.17, 15) is 4.39 Å². The van der Waals surface area contributed by atoms with Crippen molar-refractivity contribution in [3.05, 3.63) is 57.0 Å². The minimum absolute atomic E-state index is 0.305. The first-order chi connectivity index (χ1) is 9.99. The van der Waals surface area contributed by atoms with Crippen LogP contribution in [0.4, 0.5) is 4.39 Å². The van der Waals surface area contributed by atoms with Gasteiger partial charge in [0.2, 0.25) is 0 Å². The number of imidazole rings is 1. The molecule has 0 bridgehead atoms. The second kappa shape index (κ2) is 5.71. The lowest BCUT2D eigenvalue weighted by molar-refractivity contribution is 0.629. The number of rotatable bonds is 2. The number of aromatic nitrogens is 2. The number of benzene rings is 2. The molecule has 0 spiro atoms. The van der Waals surface area contributed by atoms with E-state index in [0.717, 1.165) is 14.6 Å². The Morgan fingerprint density at radius 1 is 1.19 bits per heavy atom. The van der Waals surface area contributed by atoms with Gasteiger partial charge >= 0.3 is 0 Å². The van der Waals surface area contributed by atoms with Crippen molar-refractivity contribution in [1.82, 2.24) is 9.55 Å². The number of halogens is 4. The standard InChI is InChI=1S/C15H10Br2ClFN2/c1-8(18)15-20-12-6-5-9(19)7-13(12)21(15)14-10(16)3-2-4-11(14)17/h2-8H,1H3. The van der Waals surface area contributed by atoms with E-state index in [-0.39, 0.29) is 11.2 Å². The number of alkyl halides is 1. The van der Waals surface area contributed by atoms with Crippen molar-refractivity contribution in [3.63, 3.8) is 0 Å². The van der Waals surface area contributed by atoms with Crippen LogP contribution in [0.1, 0.15) is 18.1 Å². The fourth-order valence-electron chi connectivity index (χ4n) is 2.27. The zero-order chi connectivity index (χ0) is 15.1. The molecule has 1 atom stereocenters. The average Bonchev–Trinajstić information content (AvgIpc) is 2.78. The van der Waals surface area contributed by atoms with Crippen LogP contribution in [0.25, 0.3) is 16.7 Å². The smallest absolute Gasteiger partial charge is 0.132 e. The van der Waals surface area contributed by atoms with Crippen molar-refractivity contribution in [2.75, 3.05) is 0 Å². The first-order valence-electron chi connectivity index (χ1n) is 6.25. The Morgan fingerprint density at radius 2 is 1.86 bits per heavy atom. The van der Waals surface area contributed by atoms with Crippen LogP contribution < -0.4 is 0 Å². The van der Waals surface area contributed by atoms with E-state index in [2.05, 4.69) is 36.8 Å². The highest BCUT2D eigenvalue weighted by molar-refractivity contribution is 9.11. The SMILES string of the molecule is CC(Cl)c1nc2ccc(F)cc2n1-c1c(Br)cccc1Br. The van der Waals surface area contributed by atoms with Gasteiger partial charge in [0.1, 0.15) is 11.6 Å². The van der Waals surface area contributed by atoms with Gasteiger partial charge in [-0.2, -0.15) is 0 Å². The van der Waals surface area contributed by atoms with Crippen LogP contribution in [0.5, 0.6) is 0 Å². The molecule has 0 aliphatic heterocycles. The molecule has 0 aliphatic carbocycles. The van der Waals surface area contributed by atoms with Crippen molar-refractivity contribution in [2.45, 2.75) is 12.3 Å². The number of para-hydroxylation sites is 1. The summed E-state index contributed by atoms with van der Waals surface area (Å²) in [4.78, 5) is 4.53. The first kappa shape index (κ1) is 15.0. The highest BCUT2D eigenvalue weighted by Gasteiger charge is 2.20. The molecule has 3 aromatic rings. The molecular weight excluding hydrogens is 422 g/mol. The lowest BCUT2D eigenvalue weighted by Gasteiger charge is -2.14. The van der Waals surface area contributed by atoms with Gasteiger partial charge in [0.05, 0.1) is 22.1 Å². The van der Waals surface area contributed by atoms with Gasteiger partial charge in [-0.3, -0.25) is 4.57 Å². The average molecular weight is 433 g/mol. The fourth-order valence-corrected chi connectivity index (χ4v) is 3.77. The summed E-state index contributed by atoms with van der Waals surface area (Å²) < 4.78 is 17.3. The Labute approximate surface area is 143 Å². The second-order valence-corrected chi connectivity index (χ2v) is 6.99. The Morgan fingerprint density at radius 3 is 2.48 bits per heavy atom. The van der Waals surface area contributed by atoms with Gasteiger partial charge in [0, 0.05) is 15.0 Å². The van der Waals surface area contributed by atoms with E-state index in [4.69, 9.17) is 11.6 Å². The van der Waals surface area contributed by atoms with Crippen LogP contribution in [0.2, 0.25) is 0 Å². The highest BCUT2D eigenvalue weighted by atomic mass is 79.9. The molecule has 1 heterocycles. The molecule has 0 N–H and O–H groups in total. The third-order valence-corrected chi connectivity index (χ3v) is 4.63. The summed E-state index contributed by atoms with van der Waals surface area (Å²) in [5, 5.41) is -0.306. The van der Waals surface area contributed by atoms with Crippen molar-refractivity contribution >= 4 is 54.5 Å². The summed E-state index contributed by atoms with van der Waals surface area (Å²) in [7, 11) is 0. The number of hydrogen-bond acceptors (Lipinski definition) is 1. The summed E-state index contributed by atoms with van der Waals surface area (Å²) in [6.07, 6.45) is 0. The van der Waals surface area contributed by atoms with Gasteiger partial charge in [-0.1, -0.05) is 6.07 Å². The zero-order valence-electron chi connectivity index (χ0n) is 10.9. The van der Waals surface area contributed by atoms with Crippen molar-refractivity contribution in [1.29, 1.82) is 0 Å². The second-order valence-electron chi connectivity index (χ2n) is 4.62. The quantitative estimate of drug-likeness (QED) is 0.455. The zero-order valence-corrected chi connectivity index (χ0v) is 14.9. The summed E-state index contributed by atoms with van der Waals surface area (Å²) in [5.41, 5.74) is 2.25. The predicted octanol–water partition coefficient (Wildman–Crippen LogP) is 5.99. The monoisotopic (exact) mass is 430 g/mol. The van der Waals surface area contributed by atoms with Gasteiger partial charge in [0.25, 0.3) is 0 Å². The normalized spacial score (nSPS) is 12.8. The summed E-state index contributed by atoms with van der Waals surface area (Å²) in [5.74, 6) is 0.366. The predicted molar refractivity (Wildman–Crippen MR) is 90.7 cm³/mol. The van der Waals surface area contributed by atoms with Crippen molar-refractivity contribution < 1.29 is 4.39 Å². The molecule has 0 radical (unpaired) electrons. The maximum atomic E-state index is 13.6. The highest BCUT2D eigenvalue weighted by Crippen LogP contribution is 2.35. The molecule has 6 heteroatoms. The Kier molecular flexibility index (Phi) is 4.08. The molecule has 0 fully saturated rings. The summed E-state index contributed by atoms with van der Waals surface area (Å²) in [6, 6.07) is 10.3. The van der Waals surface area contributed by atoms with E-state index in [0.29, 0.717) is 16.9 Å². The fraction of sp³-hybridized carbons (Fsp3) is 0.133. The third kappa shape index (κ3) is 2.62. The van der Waals surface area contributed by atoms with Crippen molar-refractivity contribution in [3.8, 4) is 5.69 Å². The molecule has 3 rings (SSSR count). The summed E-state index contributed by atoms with van der Waals surface area (Å²) in [6.45, 7) is 1.85. The lowest BCUT2D eigenvalue weighted by Crippen LogP contribution is -2.03. The molecule has 0 saturated heterocycles. The molecule has 2 aromatic carbocycles. The van der Waals surface area contributed by atoms with E-state index < -0.39 is 0 Å². The minimum Gasteiger partial charge on any atom is -0.293 e. The first-order valence-corrected chi connectivity index (χ1v) is 8.27. The Balaban J connectivity index is 2.44. The number of nitrogens with zero attached hydrogens (tertiary/aromatic N) is 2. The van der Waals surface area contributed by atoms with E-state index >= 15 is 0 Å². The maximum Gasteiger partial charge on any atom is 0.132 e. The summed E-state index contributed by atoms with van der Waals surface area (Å²) >= 11 is 13.3. The van der Waals surface area contributed by atoms with Crippen LogP contribution >= 0.6 is 43.5 Å². The topological polar surface area (TPSA) is 17.8 Å². The van der Waals surface area contributed by atoms with Crippen LogP contribution in [-0.4, -0.2) is 9.55 Å². The molecule has 2 nitrogen and oxygen atoms in total. The molecule has 0 aliphatic rings. The lowest BCUT2D eigenvalue weighted by atomic mass is 10.2. The molecule has 1 unspecified atom stereocenters. The molecular formula is C15H10Br2ClFN2. The van der Waals surface area contributed by atoms with Gasteiger partial charge in [-0.25, -0.2) is 9.37 Å². The molecule has 21 heavy (non-hydrogen) atoms. The van der Waals surface area contributed by atoms with E-state index in [1.807, 2.05) is 29.7 Å². The molecule has 0 saturated carbocycles. The van der Waals surface area contributed by atoms with Gasteiger partial charge in [0.15, 0.2) is 0 Å². The number of hydrogen-bond donors (Lipinski definition) is 0. The van der Waals surface area contributed by atoms with Crippen LogP contribution in [0.3, 0.4) is 0 Å². The molecule has 1 aromatic heterocycles. The van der Waals surface area contributed by atoms with Crippen LogP contribution in [0.15, 0.2) is 45.3 Å². The van der Waals surface area contributed by atoms with E-state index in [1.165, 1.54) is 12.1 Å². The van der Waals surface area contributed by atoms with Gasteiger partial charge in [-0.15, -0.1) is 11.6 Å². The molecule has 108 valence electrons. The van der Waals surface area contributed by atoms with Crippen LogP contribution in [0, 0.1) is 5.82 Å². The molecule has 0 amide bonds. The maximum absolute atomic E-state index is 13.6. The Bertz CT molecular complexity index is 810. The van der Waals surface area contributed by atoms with Gasteiger partial charge in [-0.05, 0) is 63.0 Å². The number of fused-ring (bicyclic) bond motifs is 1.